The van der Waals surface area contributed by atoms with Crippen LogP contribution in [-0.2, 0) is 19.1 Å². The van der Waals surface area contributed by atoms with E-state index in [2.05, 4.69) is 0 Å². The third-order valence-electron chi connectivity index (χ3n) is 6.65. The fourth-order valence-corrected chi connectivity index (χ4v) is 4.73. The van der Waals surface area contributed by atoms with E-state index < -0.39 is 17.9 Å². The van der Waals surface area contributed by atoms with Gasteiger partial charge in [-0.2, -0.15) is 0 Å². The molecule has 0 aromatic heterocycles. The number of esters is 1. The van der Waals surface area contributed by atoms with E-state index in [1.807, 2.05) is 6.92 Å². The lowest BCUT2D eigenvalue weighted by molar-refractivity contribution is -0.160. The monoisotopic (exact) mass is 461 g/mol. The van der Waals surface area contributed by atoms with Crippen LogP contribution < -0.4 is 14.2 Å². The molecule has 33 heavy (non-hydrogen) atoms. The molecule has 3 atom stereocenters. The molecule has 0 bridgehead atoms. The van der Waals surface area contributed by atoms with Crippen LogP contribution in [-0.4, -0.2) is 62.6 Å². The second-order valence-corrected chi connectivity index (χ2v) is 8.78. The summed E-state index contributed by atoms with van der Waals surface area (Å²) in [6.45, 7) is 2.64. The topological polar surface area (TPSA) is 91.4 Å². The minimum atomic E-state index is -0.713. The van der Waals surface area contributed by atoms with Gasteiger partial charge in [0.1, 0.15) is 25.0 Å². The lowest BCUT2D eigenvalue weighted by Gasteiger charge is -2.35. The molecule has 1 saturated heterocycles. The third kappa shape index (κ3) is 6.18. The minimum absolute atomic E-state index is 0.0410. The SMILES string of the molecule is COc1ccc(OCCOC(=O)C2CCCCN2C(=O)C(=O)C2CCCCC2C)cc1OC. The lowest BCUT2D eigenvalue weighted by Crippen LogP contribution is -2.52. The fourth-order valence-electron chi connectivity index (χ4n) is 4.73. The fraction of sp³-hybridized carbons (Fsp3) is 0.640. The average Bonchev–Trinajstić information content (AvgIpc) is 2.85. The van der Waals surface area contributed by atoms with Crippen LogP contribution in [0.3, 0.4) is 0 Å². The normalized spacial score (nSPS) is 22.9. The molecule has 1 aliphatic carbocycles. The molecule has 0 N–H and O–H groups in total. The molecule has 3 rings (SSSR count). The highest BCUT2D eigenvalue weighted by molar-refractivity contribution is 6.37. The second kappa shape index (κ2) is 11.9. The number of ether oxygens (including phenoxy) is 4. The number of amides is 1. The number of ketones is 1. The summed E-state index contributed by atoms with van der Waals surface area (Å²) in [6, 6.07) is 4.45. The molecule has 0 spiro atoms. The molecular weight excluding hydrogens is 426 g/mol. The van der Waals surface area contributed by atoms with Crippen LogP contribution in [0.4, 0.5) is 0 Å². The number of nitrogens with zero attached hydrogens (tertiary/aromatic N) is 1. The number of Topliss-reactive ketones (excluding diaryl/α,β-unsaturated/α-hetero) is 1. The maximum Gasteiger partial charge on any atom is 0.328 e. The van der Waals surface area contributed by atoms with Gasteiger partial charge in [0.15, 0.2) is 11.5 Å². The van der Waals surface area contributed by atoms with Gasteiger partial charge in [-0.15, -0.1) is 0 Å². The van der Waals surface area contributed by atoms with Gasteiger partial charge in [0, 0.05) is 18.5 Å². The van der Waals surface area contributed by atoms with E-state index in [0.717, 1.165) is 38.5 Å². The predicted octanol–water partition coefficient (Wildman–Crippen LogP) is 3.40. The number of hydrogen-bond acceptors (Lipinski definition) is 7. The van der Waals surface area contributed by atoms with Crippen LogP contribution in [0.5, 0.6) is 17.2 Å². The maximum atomic E-state index is 13.0. The van der Waals surface area contributed by atoms with Gasteiger partial charge in [0.2, 0.25) is 5.78 Å². The summed E-state index contributed by atoms with van der Waals surface area (Å²) in [4.78, 5) is 40.1. The first-order valence-electron chi connectivity index (χ1n) is 11.8. The second-order valence-electron chi connectivity index (χ2n) is 8.78. The van der Waals surface area contributed by atoms with Crippen molar-refractivity contribution < 1.29 is 33.3 Å². The van der Waals surface area contributed by atoms with E-state index in [9.17, 15) is 14.4 Å². The lowest BCUT2D eigenvalue weighted by atomic mass is 9.77. The first kappa shape index (κ1) is 24.9. The van der Waals surface area contributed by atoms with Crippen molar-refractivity contribution in [1.29, 1.82) is 0 Å². The first-order chi connectivity index (χ1) is 16.0. The summed E-state index contributed by atoms with van der Waals surface area (Å²) < 4.78 is 21.5. The van der Waals surface area contributed by atoms with Gasteiger partial charge in [0.25, 0.3) is 5.91 Å². The number of hydrogen-bond donors (Lipinski definition) is 0. The molecule has 1 amide bonds. The Kier molecular flexibility index (Phi) is 8.97. The largest absolute Gasteiger partial charge is 0.493 e. The Hall–Kier alpha value is -2.77. The van der Waals surface area contributed by atoms with Crippen LogP contribution in [0, 0.1) is 11.8 Å². The Labute approximate surface area is 195 Å². The Balaban J connectivity index is 1.52. The van der Waals surface area contributed by atoms with Crippen molar-refractivity contribution in [2.24, 2.45) is 11.8 Å². The van der Waals surface area contributed by atoms with Crippen molar-refractivity contribution in [2.75, 3.05) is 34.0 Å². The van der Waals surface area contributed by atoms with Crippen molar-refractivity contribution in [3.05, 3.63) is 18.2 Å². The molecule has 8 heteroatoms. The van der Waals surface area contributed by atoms with E-state index in [4.69, 9.17) is 18.9 Å². The molecule has 2 aliphatic rings. The summed E-state index contributed by atoms with van der Waals surface area (Å²) >= 11 is 0. The third-order valence-corrected chi connectivity index (χ3v) is 6.65. The standard InChI is InChI=1S/C25H35NO7/c1-17-8-4-5-9-19(17)23(27)24(28)26-13-7-6-10-20(26)25(29)33-15-14-32-18-11-12-21(30-2)22(16-18)31-3/h11-12,16-17,19-20H,4-10,13-15H2,1-3H3. The van der Waals surface area contributed by atoms with E-state index in [-0.39, 0.29) is 30.8 Å². The van der Waals surface area contributed by atoms with E-state index in [1.54, 1.807) is 32.4 Å². The van der Waals surface area contributed by atoms with E-state index in [0.29, 0.717) is 30.2 Å². The van der Waals surface area contributed by atoms with Crippen molar-refractivity contribution in [3.8, 4) is 17.2 Å². The van der Waals surface area contributed by atoms with Gasteiger partial charge in [0.05, 0.1) is 14.2 Å². The molecule has 3 unspecified atom stereocenters. The zero-order valence-electron chi connectivity index (χ0n) is 19.8. The number of likely N-dealkylation sites (tertiary alicyclic amines) is 1. The summed E-state index contributed by atoms with van der Waals surface area (Å²) in [5.41, 5.74) is 0. The van der Waals surface area contributed by atoms with Crippen LogP contribution in [0.25, 0.3) is 0 Å². The number of benzene rings is 1. The van der Waals surface area contributed by atoms with Gasteiger partial charge in [-0.1, -0.05) is 26.2 Å². The molecule has 1 aromatic carbocycles. The highest BCUT2D eigenvalue weighted by Gasteiger charge is 2.40. The molecule has 1 aromatic rings. The summed E-state index contributed by atoms with van der Waals surface area (Å²) in [5, 5.41) is 0. The number of methoxy groups -OCH3 is 2. The summed E-state index contributed by atoms with van der Waals surface area (Å²) in [7, 11) is 3.10. The van der Waals surface area contributed by atoms with E-state index in [1.165, 1.54) is 4.90 Å². The van der Waals surface area contributed by atoms with Crippen molar-refractivity contribution in [3.63, 3.8) is 0 Å². The van der Waals surface area contributed by atoms with Gasteiger partial charge in [-0.3, -0.25) is 9.59 Å². The number of piperidine rings is 1. The predicted molar refractivity (Wildman–Crippen MR) is 121 cm³/mol. The molecule has 0 radical (unpaired) electrons. The van der Waals surface area contributed by atoms with Gasteiger partial charge >= 0.3 is 5.97 Å². The quantitative estimate of drug-likeness (QED) is 0.316. The Morgan fingerprint density at radius 1 is 0.939 bits per heavy atom. The Bertz CT molecular complexity index is 840. The number of rotatable bonds is 9. The van der Waals surface area contributed by atoms with Crippen LogP contribution in [0.2, 0.25) is 0 Å². The number of carbonyl (C=O) groups is 3. The zero-order chi connectivity index (χ0) is 23.8. The number of carbonyl (C=O) groups excluding carboxylic acids is 3. The average molecular weight is 462 g/mol. The molecule has 1 saturated carbocycles. The van der Waals surface area contributed by atoms with Crippen LogP contribution >= 0.6 is 0 Å². The van der Waals surface area contributed by atoms with Crippen molar-refractivity contribution in [2.45, 2.75) is 57.9 Å². The van der Waals surface area contributed by atoms with E-state index >= 15 is 0 Å². The molecule has 2 fully saturated rings. The maximum absolute atomic E-state index is 13.0. The van der Waals surface area contributed by atoms with Gasteiger partial charge in [-0.25, -0.2) is 4.79 Å². The molecule has 1 aliphatic heterocycles. The molecule has 8 nitrogen and oxygen atoms in total. The molecule has 1 heterocycles. The summed E-state index contributed by atoms with van der Waals surface area (Å²) in [5.74, 6) is 0.305. The highest BCUT2D eigenvalue weighted by Crippen LogP contribution is 2.32. The van der Waals surface area contributed by atoms with Crippen LogP contribution in [0.1, 0.15) is 51.9 Å². The molecular formula is C25H35NO7. The minimum Gasteiger partial charge on any atom is -0.493 e. The van der Waals surface area contributed by atoms with Crippen LogP contribution in [0.15, 0.2) is 18.2 Å². The Morgan fingerprint density at radius 3 is 2.39 bits per heavy atom. The van der Waals surface area contributed by atoms with Gasteiger partial charge in [-0.05, 0) is 43.7 Å². The first-order valence-corrected chi connectivity index (χ1v) is 11.8. The smallest absolute Gasteiger partial charge is 0.328 e. The highest BCUT2D eigenvalue weighted by atomic mass is 16.6. The summed E-state index contributed by atoms with van der Waals surface area (Å²) in [6.07, 6.45) is 5.90. The van der Waals surface area contributed by atoms with Crippen molar-refractivity contribution >= 4 is 17.7 Å². The van der Waals surface area contributed by atoms with Gasteiger partial charge < -0.3 is 23.8 Å². The Morgan fingerprint density at radius 2 is 1.67 bits per heavy atom. The zero-order valence-corrected chi connectivity index (χ0v) is 19.8. The van der Waals surface area contributed by atoms with Crippen molar-refractivity contribution in [1.82, 2.24) is 4.90 Å². The molecule has 182 valence electrons.